The van der Waals surface area contributed by atoms with Crippen molar-refractivity contribution >= 4 is 0 Å². The van der Waals surface area contributed by atoms with Crippen LogP contribution in [0.4, 0.5) is 0 Å². The molecule has 1 rings (SSSR count). The van der Waals surface area contributed by atoms with Gasteiger partial charge >= 0.3 is 0 Å². The Kier molecular flexibility index (Phi) is 6.37. The lowest BCUT2D eigenvalue weighted by molar-refractivity contribution is 0.209. The minimum absolute atomic E-state index is 0.673. The van der Waals surface area contributed by atoms with E-state index >= 15 is 0 Å². The molecule has 0 spiro atoms. The summed E-state index contributed by atoms with van der Waals surface area (Å²) in [5.41, 5.74) is 0. The van der Waals surface area contributed by atoms with Crippen molar-refractivity contribution < 1.29 is 0 Å². The van der Waals surface area contributed by atoms with Crippen molar-refractivity contribution in [2.24, 2.45) is 5.92 Å². The van der Waals surface area contributed by atoms with Crippen LogP contribution in [-0.2, 0) is 0 Å². The van der Waals surface area contributed by atoms with E-state index in [4.69, 9.17) is 0 Å². The lowest BCUT2D eigenvalue weighted by atomic mass is 9.87. The number of hydrogen-bond donors (Lipinski definition) is 1. The maximum atomic E-state index is 3.76. The van der Waals surface area contributed by atoms with Crippen LogP contribution in [0.5, 0.6) is 0 Å². The van der Waals surface area contributed by atoms with Crippen molar-refractivity contribution in [1.29, 1.82) is 0 Å². The first kappa shape index (κ1) is 14.0. The van der Waals surface area contributed by atoms with Crippen LogP contribution >= 0.6 is 0 Å². The van der Waals surface area contributed by atoms with E-state index in [-0.39, 0.29) is 0 Å². The maximum absolute atomic E-state index is 3.76. The Morgan fingerprint density at radius 2 is 1.94 bits per heavy atom. The molecule has 1 fully saturated rings. The van der Waals surface area contributed by atoms with Gasteiger partial charge in [-0.2, -0.15) is 0 Å². The van der Waals surface area contributed by atoms with E-state index in [1.807, 2.05) is 0 Å². The standard InChI is InChI=1S/C14H30N2/c1-5-16(6-2)13(4)11-15-14-9-7-8-12(3)10-14/h12-15H,5-11H2,1-4H3. The lowest BCUT2D eigenvalue weighted by Gasteiger charge is -2.31. The zero-order valence-corrected chi connectivity index (χ0v) is 11.6. The highest BCUT2D eigenvalue weighted by atomic mass is 15.2. The quantitative estimate of drug-likeness (QED) is 0.749. The fraction of sp³-hybridized carbons (Fsp3) is 1.00. The van der Waals surface area contributed by atoms with Gasteiger partial charge in [-0.15, -0.1) is 0 Å². The molecule has 0 radical (unpaired) electrons. The molecule has 3 atom stereocenters. The van der Waals surface area contributed by atoms with Gasteiger partial charge < -0.3 is 5.32 Å². The first-order valence-corrected chi connectivity index (χ1v) is 7.14. The maximum Gasteiger partial charge on any atom is 0.0192 e. The highest BCUT2D eigenvalue weighted by Crippen LogP contribution is 2.23. The minimum atomic E-state index is 0.673. The molecule has 0 aromatic rings. The predicted molar refractivity (Wildman–Crippen MR) is 71.8 cm³/mol. The van der Waals surface area contributed by atoms with Gasteiger partial charge in [-0.1, -0.05) is 33.6 Å². The highest BCUT2D eigenvalue weighted by molar-refractivity contribution is 4.78. The molecule has 1 saturated carbocycles. The zero-order valence-electron chi connectivity index (χ0n) is 11.6. The smallest absolute Gasteiger partial charge is 0.0192 e. The summed E-state index contributed by atoms with van der Waals surface area (Å²) in [4.78, 5) is 2.53. The van der Waals surface area contributed by atoms with Gasteiger partial charge in [-0.05, 0) is 38.8 Å². The molecule has 0 aromatic carbocycles. The van der Waals surface area contributed by atoms with E-state index in [1.54, 1.807) is 0 Å². The van der Waals surface area contributed by atoms with Gasteiger partial charge in [-0.3, -0.25) is 4.90 Å². The molecule has 0 heterocycles. The Labute approximate surface area is 102 Å². The van der Waals surface area contributed by atoms with Crippen LogP contribution in [0.25, 0.3) is 0 Å². The lowest BCUT2D eigenvalue weighted by Crippen LogP contribution is -2.44. The van der Waals surface area contributed by atoms with Crippen LogP contribution in [0.2, 0.25) is 0 Å². The van der Waals surface area contributed by atoms with Gasteiger partial charge in [0, 0.05) is 18.6 Å². The van der Waals surface area contributed by atoms with Crippen LogP contribution < -0.4 is 5.32 Å². The van der Waals surface area contributed by atoms with Crippen molar-refractivity contribution in [3.05, 3.63) is 0 Å². The van der Waals surface area contributed by atoms with Gasteiger partial charge in [0.2, 0.25) is 0 Å². The predicted octanol–water partition coefficient (Wildman–Crippen LogP) is 2.89. The van der Waals surface area contributed by atoms with Gasteiger partial charge in [0.25, 0.3) is 0 Å². The minimum Gasteiger partial charge on any atom is -0.312 e. The normalized spacial score (nSPS) is 28.3. The Hall–Kier alpha value is -0.0800. The monoisotopic (exact) mass is 226 g/mol. The second-order valence-electron chi connectivity index (χ2n) is 5.45. The first-order valence-electron chi connectivity index (χ1n) is 7.14. The van der Waals surface area contributed by atoms with Crippen LogP contribution in [0, 0.1) is 5.92 Å². The van der Waals surface area contributed by atoms with E-state index in [0.717, 1.165) is 18.5 Å². The number of rotatable bonds is 6. The van der Waals surface area contributed by atoms with Crippen molar-refractivity contribution in [2.75, 3.05) is 19.6 Å². The molecule has 1 aliphatic rings. The fourth-order valence-corrected chi connectivity index (χ4v) is 2.93. The van der Waals surface area contributed by atoms with Crippen LogP contribution in [0.15, 0.2) is 0 Å². The summed E-state index contributed by atoms with van der Waals surface area (Å²) in [6, 6.07) is 1.45. The summed E-state index contributed by atoms with van der Waals surface area (Å²) < 4.78 is 0. The molecule has 0 saturated heterocycles. The summed E-state index contributed by atoms with van der Waals surface area (Å²) in [6.07, 6.45) is 5.61. The van der Waals surface area contributed by atoms with Crippen LogP contribution in [0.1, 0.15) is 53.4 Å². The summed E-state index contributed by atoms with van der Waals surface area (Å²) in [7, 11) is 0. The van der Waals surface area contributed by atoms with Gasteiger partial charge in [0.15, 0.2) is 0 Å². The van der Waals surface area contributed by atoms with Gasteiger partial charge in [-0.25, -0.2) is 0 Å². The molecule has 1 N–H and O–H groups in total. The number of likely N-dealkylation sites (N-methyl/N-ethyl adjacent to an activating group) is 1. The molecular formula is C14H30N2. The Balaban J connectivity index is 2.22. The number of hydrogen-bond acceptors (Lipinski definition) is 2. The molecule has 3 unspecified atom stereocenters. The highest BCUT2D eigenvalue weighted by Gasteiger charge is 2.19. The Bertz CT molecular complexity index is 176. The van der Waals surface area contributed by atoms with Crippen LogP contribution in [0.3, 0.4) is 0 Å². The summed E-state index contributed by atoms with van der Waals surface area (Å²) in [5.74, 6) is 0.926. The van der Waals surface area contributed by atoms with Crippen molar-refractivity contribution in [1.82, 2.24) is 10.2 Å². The third-order valence-corrected chi connectivity index (χ3v) is 4.07. The van der Waals surface area contributed by atoms with Crippen LogP contribution in [-0.4, -0.2) is 36.6 Å². The van der Waals surface area contributed by atoms with Gasteiger partial charge in [0.05, 0.1) is 0 Å². The topological polar surface area (TPSA) is 15.3 Å². The third kappa shape index (κ3) is 4.42. The first-order chi connectivity index (χ1) is 7.67. The molecule has 96 valence electrons. The van der Waals surface area contributed by atoms with Crippen molar-refractivity contribution in [3.63, 3.8) is 0 Å². The summed E-state index contributed by atoms with van der Waals surface area (Å²) >= 11 is 0. The number of nitrogens with one attached hydrogen (secondary N) is 1. The average Bonchev–Trinajstić information content (AvgIpc) is 2.28. The van der Waals surface area contributed by atoms with E-state index in [0.29, 0.717) is 6.04 Å². The third-order valence-electron chi connectivity index (χ3n) is 4.07. The van der Waals surface area contributed by atoms with Crippen molar-refractivity contribution in [2.45, 2.75) is 65.5 Å². The molecule has 1 aliphatic carbocycles. The molecule has 2 nitrogen and oxygen atoms in total. The van der Waals surface area contributed by atoms with Gasteiger partial charge in [0.1, 0.15) is 0 Å². The second-order valence-corrected chi connectivity index (χ2v) is 5.45. The summed E-state index contributed by atoms with van der Waals surface area (Å²) in [6.45, 7) is 12.7. The number of nitrogens with zero attached hydrogens (tertiary/aromatic N) is 1. The van der Waals surface area contributed by atoms with Crippen molar-refractivity contribution in [3.8, 4) is 0 Å². The summed E-state index contributed by atoms with van der Waals surface area (Å²) in [5, 5.41) is 3.76. The zero-order chi connectivity index (χ0) is 12.0. The molecule has 2 heteroatoms. The van der Waals surface area contributed by atoms with E-state index in [1.165, 1.54) is 38.8 Å². The average molecular weight is 226 g/mol. The van der Waals surface area contributed by atoms with E-state index in [2.05, 4.69) is 37.9 Å². The molecule has 0 aliphatic heterocycles. The molecule has 0 amide bonds. The largest absolute Gasteiger partial charge is 0.312 e. The Morgan fingerprint density at radius 3 is 2.50 bits per heavy atom. The molecule has 16 heavy (non-hydrogen) atoms. The Morgan fingerprint density at radius 1 is 1.25 bits per heavy atom. The molecule has 0 aromatic heterocycles. The van der Waals surface area contributed by atoms with E-state index in [9.17, 15) is 0 Å². The molecular weight excluding hydrogens is 196 g/mol. The van der Waals surface area contributed by atoms with E-state index < -0.39 is 0 Å². The SMILES string of the molecule is CCN(CC)C(C)CNC1CCCC(C)C1. The second kappa shape index (κ2) is 7.29. The molecule has 0 bridgehead atoms. The fourth-order valence-electron chi connectivity index (χ4n) is 2.93.